The molecule has 0 aliphatic heterocycles. The molecule has 5 aliphatic carbocycles. The minimum absolute atomic E-state index is 0.119. The van der Waals surface area contributed by atoms with Crippen LogP contribution >= 0.6 is 0 Å². The van der Waals surface area contributed by atoms with Crippen molar-refractivity contribution in [3.05, 3.63) is 11.1 Å². The fourth-order valence-corrected chi connectivity index (χ4v) is 10.9. The van der Waals surface area contributed by atoms with Crippen molar-refractivity contribution in [2.75, 3.05) is 0 Å². The molecule has 0 amide bonds. The zero-order valence-corrected chi connectivity index (χ0v) is 22.2. The lowest BCUT2D eigenvalue weighted by molar-refractivity contribution is -0.217. The summed E-state index contributed by atoms with van der Waals surface area (Å²) in [5, 5.41) is 0. The third-order valence-electron chi connectivity index (χ3n) is 12.8. The first kappa shape index (κ1) is 23.1. The zero-order valence-electron chi connectivity index (χ0n) is 22.2. The standard InChI is InChI=1S/C30H49NO/c1-18(2)24-20(32)17-27(5)15-16-28(6)19(25(24)27)9-10-22-29(28,7)14-11-21-26(3,4)13-12-23(31)30(21,22)8/h18-19,21-23H,9-17,31H2,1-8H3/t19-,21+,22+,23?,27+,28-,29-,30+/m1/s1. The molecule has 4 fully saturated rings. The summed E-state index contributed by atoms with van der Waals surface area (Å²) in [4.78, 5) is 13.2. The molecule has 0 aromatic rings. The molecular formula is C30H49NO. The van der Waals surface area contributed by atoms with Crippen LogP contribution in [-0.4, -0.2) is 11.8 Å². The van der Waals surface area contributed by atoms with Crippen molar-refractivity contribution in [3.8, 4) is 0 Å². The number of ketones is 1. The number of nitrogens with two attached hydrogens (primary N) is 1. The molecule has 5 rings (SSSR count). The van der Waals surface area contributed by atoms with Gasteiger partial charge in [0.05, 0.1) is 0 Å². The Morgan fingerprint density at radius 3 is 2.16 bits per heavy atom. The lowest BCUT2D eigenvalue weighted by atomic mass is 9.32. The summed E-state index contributed by atoms with van der Waals surface area (Å²) in [5.41, 5.74) is 11.2. The number of rotatable bonds is 1. The van der Waals surface area contributed by atoms with Gasteiger partial charge in [0.25, 0.3) is 0 Å². The van der Waals surface area contributed by atoms with Crippen LogP contribution in [0.15, 0.2) is 11.1 Å². The maximum atomic E-state index is 13.2. The molecule has 0 spiro atoms. The smallest absolute Gasteiger partial charge is 0.159 e. The van der Waals surface area contributed by atoms with Crippen LogP contribution in [0.4, 0.5) is 0 Å². The minimum atomic E-state index is 0.119. The van der Waals surface area contributed by atoms with Crippen molar-refractivity contribution in [2.45, 2.75) is 119 Å². The van der Waals surface area contributed by atoms with E-state index in [1.807, 2.05) is 0 Å². The first-order valence-electron chi connectivity index (χ1n) is 13.8. The number of carbonyl (C=O) groups is 1. The topological polar surface area (TPSA) is 43.1 Å². The summed E-state index contributed by atoms with van der Waals surface area (Å²) in [6.07, 6.45) is 10.9. The van der Waals surface area contributed by atoms with E-state index in [0.717, 1.165) is 12.3 Å². The van der Waals surface area contributed by atoms with Crippen molar-refractivity contribution >= 4 is 5.78 Å². The van der Waals surface area contributed by atoms with Crippen LogP contribution in [0.5, 0.6) is 0 Å². The lowest BCUT2D eigenvalue weighted by Crippen LogP contribution is -2.68. The molecule has 180 valence electrons. The van der Waals surface area contributed by atoms with Crippen molar-refractivity contribution in [1.29, 1.82) is 0 Å². The van der Waals surface area contributed by atoms with Gasteiger partial charge in [0.15, 0.2) is 5.78 Å². The maximum absolute atomic E-state index is 13.2. The highest BCUT2D eigenvalue weighted by atomic mass is 16.1. The van der Waals surface area contributed by atoms with Crippen molar-refractivity contribution in [3.63, 3.8) is 0 Å². The van der Waals surface area contributed by atoms with Gasteiger partial charge in [0.2, 0.25) is 0 Å². The quantitative estimate of drug-likeness (QED) is 0.465. The average molecular weight is 440 g/mol. The Morgan fingerprint density at radius 2 is 1.50 bits per heavy atom. The highest BCUT2D eigenvalue weighted by Crippen LogP contribution is 2.76. The Hall–Kier alpha value is -0.630. The summed E-state index contributed by atoms with van der Waals surface area (Å²) in [6, 6.07) is 0.331. The van der Waals surface area contributed by atoms with E-state index in [1.165, 1.54) is 56.9 Å². The Bertz CT molecular complexity index is 868. The molecule has 4 saturated carbocycles. The van der Waals surface area contributed by atoms with Crippen LogP contribution in [0.2, 0.25) is 0 Å². The summed E-state index contributed by atoms with van der Waals surface area (Å²) in [5.74, 6) is 2.84. The normalized spacial score (nSPS) is 52.4. The van der Waals surface area contributed by atoms with Gasteiger partial charge in [-0.15, -0.1) is 0 Å². The molecule has 0 saturated heterocycles. The van der Waals surface area contributed by atoms with E-state index in [2.05, 4.69) is 55.4 Å². The van der Waals surface area contributed by atoms with Crippen molar-refractivity contribution < 1.29 is 4.79 Å². The Labute approximate surface area is 197 Å². The number of carbonyl (C=O) groups excluding carboxylic acids is 1. The molecule has 1 unspecified atom stereocenters. The summed E-state index contributed by atoms with van der Waals surface area (Å²) in [6.45, 7) is 19.9. The molecule has 0 heterocycles. The number of fused-ring (bicyclic) bond motifs is 7. The third kappa shape index (κ3) is 2.60. The minimum Gasteiger partial charge on any atom is -0.327 e. The summed E-state index contributed by atoms with van der Waals surface area (Å²) in [7, 11) is 0. The lowest BCUT2D eigenvalue weighted by Gasteiger charge is -2.72. The van der Waals surface area contributed by atoms with E-state index in [0.29, 0.717) is 40.4 Å². The third-order valence-corrected chi connectivity index (χ3v) is 12.8. The van der Waals surface area contributed by atoms with E-state index in [4.69, 9.17) is 5.73 Å². The number of hydrogen-bond acceptors (Lipinski definition) is 2. The van der Waals surface area contributed by atoms with Crippen molar-refractivity contribution in [1.82, 2.24) is 0 Å². The van der Waals surface area contributed by atoms with Crippen LogP contribution in [0.3, 0.4) is 0 Å². The van der Waals surface area contributed by atoms with Crippen LogP contribution in [-0.2, 0) is 4.79 Å². The first-order chi connectivity index (χ1) is 14.7. The van der Waals surface area contributed by atoms with E-state index in [1.54, 1.807) is 5.57 Å². The van der Waals surface area contributed by atoms with Gasteiger partial charge in [-0.3, -0.25) is 4.79 Å². The second-order valence-corrected chi connectivity index (χ2v) is 14.8. The maximum Gasteiger partial charge on any atom is 0.159 e. The van der Waals surface area contributed by atoms with Crippen LogP contribution in [0, 0.1) is 50.7 Å². The number of Topliss-reactive ketones (excluding diaryl/α,β-unsaturated/α-hetero) is 1. The molecule has 2 heteroatoms. The van der Waals surface area contributed by atoms with Gasteiger partial charge >= 0.3 is 0 Å². The predicted octanol–water partition coefficient (Wildman–Crippen LogP) is 7.31. The molecule has 32 heavy (non-hydrogen) atoms. The predicted molar refractivity (Wildman–Crippen MR) is 133 cm³/mol. The van der Waals surface area contributed by atoms with Gasteiger partial charge in [-0.25, -0.2) is 0 Å². The average Bonchev–Trinajstić information content (AvgIpc) is 2.96. The molecule has 2 nitrogen and oxygen atoms in total. The van der Waals surface area contributed by atoms with Crippen molar-refractivity contribution in [2.24, 2.45) is 56.5 Å². The number of hydrogen-bond donors (Lipinski definition) is 1. The molecule has 0 aromatic heterocycles. The van der Waals surface area contributed by atoms with E-state index in [-0.39, 0.29) is 16.2 Å². The van der Waals surface area contributed by atoms with E-state index in [9.17, 15) is 4.79 Å². The van der Waals surface area contributed by atoms with Gasteiger partial charge < -0.3 is 5.73 Å². The van der Waals surface area contributed by atoms with Gasteiger partial charge in [0, 0.05) is 12.5 Å². The molecule has 8 atom stereocenters. The van der Waals surface area contributed by atoms with E-state index < -0.39 is 0 Å². The monoisotopic (exact) mass is 439 g/mol. The molecule has 0 radical (unpaired) electrons. The fraction of sp³-hybridized carbons (Fsp3) is 0.900. The summed E-state index contributed by atoms with van der Waals surface area (Å²) < 4.78 is 0. The Balaban J connectivity index is 1.62. The molecule has 2 N–H and O–H groups in total. The number of allylic oxidation sites excluding steroid dienone is 2. The van der Waals surface area contributed by atoms with Gasteiger partial charge in [-0.05, 0) is 108 Å². The Morgan fingerprint density at radius 1 is 0.812 bits per heavy atom. The van der Waals surface area contributed by atoms with E-state index >= 15 is 0 Å². The second-order valence-electron chi connectivity index (χ2n) is 14.8. The highest BCUT2D eigenvalue weighted by Gasteiger charge is 2.69. The second kappa shape index (κ2) is 6.73. The fourth-order valence-electron chi connectivity index (χ4n) is 10.9. The molecule has 0 aromatic carbocycles. The molecule has 5 aliphatic rings. The van der Waals surface area contributed by atoms with Gasteiger partial charge in [-0.1, -0.05) is 61.0 Å². The molecule has 0 bridgehead atoms. The van der Waals surface area contributed by atoms with Crippen LogP contribution < -0.4 is 5.73 Å². The van der Waals surface area contributed by atoms with Crippen LogP contribution in [0.25, 0.3) is 0 Å². The highest BCUT2D eigenvalue weighted by molar-refractivity contribution is 6.00. The first-order valence-corrected chi connectivity index (χ1v) is 13.8. The van der Waals surface area contributed by atoms with Crippen LogP contribution in [0.1, 0.15) is 113 Å². The molecular weight excluding hydrogens is 390 g/mol. The SMILES string of the molecule is CC(C)C1=C2[C@H]3CC[C@@H]4[C@@]5(C)C(N)CCC(C)(C)[C@@H]5CC[C@@]4(C)[C@]3(C)CC[C@@]2(C)CC1=O. The van der Waals surface area contributed by atoms with Gasteiger partial charge in [-0.2, -0.15) is 0 Å². The summed E-state index contributed by atoms with van der Waals surface area (Å²) >= 11 is 0. The Kier molecular flexibility index (Phi) is 4.87. The van der Waals surface area contributed by atoms with Gasteiger partial charge in [0.1, 0.15) is 0 Å². The zero-order chi connectivity index (χ0) is 23.5. The largest absolute Gasteiger partial charge is 0.327 e.